The summed E-state index contributed by atoms with van der Waals surface area (Å²) < 4.78 is 5.24. The SMILES string of the molecule is Cc1cc(C)nc(N2CCC[C@H](C(=O)NCc3ccco3)C2)n1. The smallest absolute Gasteiger partial charge is 0.225 e. The first kappa shape index (κ1) is 15.5. The maximum atomic E-state index is 12.4. The third-order valence-electron chi connectivity index (χ3n) is 4.06. The molecule has 0 bridgehead atoms. The number of furan rings is 1. The van der Waals surface area contributed by atoms with Crippen LogP contribution < -0.4 is 10.2 Å². The summed E-state index contributed by atoms with van der Waals surface area (Å²) in [6.07, 6.45) is 3.47. The Balaban J connectivity index is 1.62. The zero-order valence-corrected chi connectivity index (χ0v) is 13.6. The molecule has 2 aromatic heterocycles. The van der Waals surface area contributed by atoms with Gasteiger partial charge in [0.1, 0.15) is 5.76 Å². The van der Waals surface area contributed by atoms with Crippen molar-refractivity contribution in [1.82, 2.24) is 15.3 Å². The van der Waals surface area contributed by atoms with Crippen LogP contribution in [0, 0.1) is 19.8 Å². The lowest BCUT2D eigenvalue weighted by atomic mass is 9.97. The summed E-state index contributed by atoms with van der Waals surface area (Å²) >= 11 is 0. The largest absolute Gasteiger partial charge is 0.467 e. The van der Waals surface area contributed by atoms with Crippen molar-refractivity contribution >= 4 is 11.9 Å². The molecule has 3 rings (SSSR count). The number of amides is 1. The van der Waals surface area contributed by atoms with Crippen LogP contribution in [-0.2, 0) is 11.3 Å². The molecule has 1 saturated heterocycles. The van der Waals surface area contributed by atoms with E-state index in [0.29, 0.717) is 13.1 Å². The minimum absolute atomic E-state index is 0.0388. The molecule has 0 unspecified atom stereocenters. The molecular formula is C17H22N4O2. The van der Waals surface area contributed by atoms with Gasteiger partial charge in [-0.15, -0.1) is 0 Å². The summed E-state index contributed by atoms with van der Waals surface area (Å²) in [5.74, 6) is 1.52. The zero-order valence-electron chi connectivity index (χ0n) is 13.6. The quantitative estimate of drug-likeness (QED) is 0.937. The van der Waals surface area contributed by atoms with Crippen molar-refractivity contribution in [3.8, 4) is 0 Å². The highest BCUT2D eigenvalue weighted by molar-refractivity contribution is 5.79. The fraction of sp³-hybridized carbons (Fsp3) is 0.471. The number of carbonyl (C=O) groups is 1. The first-order valence-corrected chi connectivity index (χ1v) is 7.99. The monoisotopic (exact) mass is 314 g/mol. The lowest BCUT2D eigenvalue weighted by Gasteiger charge is -2.32. The molecule has 0 radical (unpaired) electrons. The fourth-order valence-corrected chi connectivity index (χ4v) is 2.95. The van der Waals surface area contributed by atoms with Crippen LogP contribution in [0.1, 0.15) is 30.0 Å². The van der Waals surface area contributed by atoms with Crippen molar-refractivity contribution in [3.63, 3.8) is 0 Å². The van der Waals surface area contributed by atoms with Gasteiger partial charge >= 0.3 is 0 Å². The second-order valence-corrected chi connectivity index (χ2v) is 6.03. The van der Waals surface area contributed by atoms with Gasteiger partial charge in [0.05, 0.1) is 18.7 Å². The number of aromatic nitrogens is 2. The predicted molar refractivity (Wildman–Crippen MR) is 87.0 cm³/mol. The third kappa shape index (κ3) is 3.88. The first-order valence-electron chi connectivity index (χ1n) is 7.99. The van der Waals surface area contributed by atoms with Crippen molar-refractivity contribution in [3.05, 3.63) is 41.6 Å². The van der Waals surface area contributed by atoms with Crippen molar-refractivity contribution in [2.24, 2.45) is 5.92 Å². The van der Waals surface area contributed by atoms with Gasteiger partial charge in [0.2, 0.25) is 11.9 Å². The van der Waals surface area contributed by atoms with Gasteiger partial charge in [0.15, 0.2) is 0 Å². The number of rotatable bonds is 4. The summed E-state index contributed by atoms with van der Waals surface area (Å²) in [5.41, 5.74) is 1.91. The second-order valence-electron chi connectivity index (χ2n) is 6.03. The van der Waals surface area contributed by atoms with E-state index >= 15 is 0 Å². The van der Waals surface area contributed by atoms with Crippen LogP contribution in [0.2, 0.25) is 0 Å². The van der Waals surface area contributed by atoms with E-state index in [-0.39, 0.29) is 11.8 Å². The molecule has 6 nitrogen and oxygen atoms in total. The van der Waals surface area contributed by atoms with Crippen LogP contribution in [-0.4, -0.2) is 29.0 Å². The molecule has 1 aliphatic rings. The van der Waals surface area contributed by atoms with Gasteiger partial charge in [-0.2, -0.15) is 0 Å². The van der Waals surface area contributed by atoms with E-state index in [1.54, 1.807) is 6.26 Å². The Morgan fingerprint density at radius 3 is 2.87 bits per heavy atom. The molecule has 23 heavy (non-hydrogen) atoms. The Bertz CT molecular complexity index is 649. The second kappa shape index (κ2) is 6.81. The minimum atomic E-state index is -0.0388. The van der Waals surface area contributed by atoms with Crippen molar-refractivity contribution in [1.29, 1.82) is 0 Å². The van der Waals surface area contributed by atoms with E-state index in [0.717, 1.165) is 42.5 Å². The Hall–Kier alpha value is -2.37. The van der Waals surface area contributed by atoms with Gasteiger partial charge < -0.3 is 14.6 Å². The number of hydrogen-bond donors (Lipinski definition) is 1. The summed E-state index contributed by atoms with van der Waals surface area (Å²) in [6, 6.07) is 5.64. The average Bonchev–Trinajstić information content (AvgIpc) is 3.05. The molecule has 1 fully saturated rings. The summed E-state index contributed by atoms with van der Waals surface area (Å²) in [4.78, 5) is 23.5. The normalized spacial score (nSPS) is 18.0. The van der Waals surface area contributed by atoms with Gasteiger partial charge in [0.25, 0.3) is 0 Å². The molecular weight excluding hydrogens is 292 g/mol. The van der Waals surface area contributed by atoms with Gasteiger partial charge in [-0.3, -0.25) is 4.79 Å². The molecule has 1 N–H and O–H groups in total. The van der Waals surface area contributed by atoms with Gasteiger partial charge in [-0.05, 0) is 44.9 Å². The molecule has 6 heteroatoms. The zero-order chi connectivity index (χ0) is 16.2. The van der Waals surface area contributed by atoms with E-state index in [1.165, 1.54) is 0 Å². The Morgan fingerprint density at radius 2 is 2.17 bits per heavy atom. The van der Waals surface area contributed by atoms with Crippen LogP contribution in [0.5, 0.6) is 0 Å². The lowest BCUT2D eigenvalue weighted by molar-refractivity contribution is -0.125. The summed E-state index contributed by atoms with van der Waals surface area (Å²) in [6.45, 7) is 5.92. The van der Waals surface area contributed by atoms with Crippen LogP contribution in [0.3, 0.4) is 0 Å². The first-order chi connectivity index (χ1) is 11.1. The highest BCUT2D eigenvalue weighted by Crippen LogP contribution is 2.21. The van der Waals surface area contributed by atoms with E-state index < -0.39 is 0 Å². The number of piperidine rings is 1. The van der Waals surface area contributed by atoms with Crippen LogP contribution >= 0.6 is 0 Å². The Kier molecular flexibility index (Phi) is 4.60. The number of aryl methyl sites for hydroxylation is 2. The van der Waals surface area contributed by atoms with Crippen LogP contribution in [0.25, 0.3) is 0 Å². The molecule has 0 aliphatic carbocycles. The molecule has 0 saturated carbocycles. The predicted octanol–water partition coefficient (Wildman–Crippen LogP) is 2.22. The number of anilines is 1. The molecule has 122 valence electrons. The van der Waals surface area contributed by atoms with Gasteiger partial charge in [-0.1, -0.05) is 0 Å². The number of nitrogens with zero attached hydrogens (tertiary/aromatic N) is 3. The average molecular weight is 314 g/mol. The molecule has 1 atom stereocenters. The van der Waals surface area contributed by atoms with E-state index in [1.807, 2.05) is 32.0 Å². The van der Waals surface area contributed by atoms with Crippen molar-refractivity contribution < 1.29 is 9.21 Å². The van der Waals surface area contributed by atoms with E-state index in [2.05, 4.69) is 20.2 Å². The highest BCUT2D eigenvalue weighted by atomic mass is 16.3. The van der Waals surface area contributed by atoms with Crippen molar-refractivity contribution in [2.75, 3.05) is 18.0 Å². The highest BCUT2D eigenvalue weighted by Gasteiger charge is 2.27. The molecule has 0 aromatic carbocycles. The Labute approximate surface area is 135 Å². The lowest BCUT2D eigenvalue weighted by Crippen LogP contribution is -2.43. The maximum Gasteiger partial charge on any atom is 0.225 e. The molecule has 0 spiro atoms. The number of carbonyl (C=O) groups excluding carboxylic acids is 1. The third-order valence-corrected chi connectivity index (χ3v) is 4.06. The topological polar surface area (TPSA) is 71.3 Å². The van der Waals surface area contributed by atoms with Gasteiger partial charge in [0, 0.05) is 24.5 Å². The molecule has 2 aromatic rings. The standard InChI is InChI=1S/C17H22N4O2/c1-12-9-13(2)20-17(19-12)21-7-3-5-14(11-21)16(22)18-10-15-6-4-8-23-15/h4,6,8-9,14H,3,5,7,10-11H2,1-2H3,(H,18,22)/t14-/m0/s1. The van der Waals surface area contributed by atoms with Crippen LogP contribution in [0.4, 0.5) is 5.95 Å². The number of hydrogen-bond acceptors (Lipinski definition) is 5. The Morgan fingerprint density at radius 1 is 1.39 bits per heavy atom. The molecule has 1 aliphatic heterocycles. The molecule has 3 heterocycles. The fourth-order valence-electron chi connectivity index (χ4n) is 2.95. The van der Waals surface area contributed by atoms with E-state index in [9.17, 15) is 4.79 Å². The number of nitrogens with one attached hydrogen (secondary N) is 1. The van der Waals surface area contributed by atoms with Crippen LogP contribution in [0.15, 0.2) is 28.9 Å². The van der Waals surface area contributed by atoms with E-state index in [4.69, 9.17) is 4.42 Å². The van der Waals surface area contributed by atoms with Crippen molar-refractivity contribution in [2.45, 2.75) is 33.2 Å². The molecule has 1 amide bonds. The summed E-state index contributed by atoms with van der Waals surface area (Å²) in [5, 5.41) is 2.95. The summed E-state index contributed by atoms with van der Waals surface area (Å²) in [7, 11) is 0. The minimum Gasteiger partial charge on any atom is -0.467 e. The maximum absolute atomic E-state index is 12.4. The van der Waals surface area contributed by atoms with Gasteiger partial charge in [-0.25, -0.2) is 9.97 Å².